The van der Waals surface area contributed by atoms with E-state index in [0.29, 0.717) is 18.4 Å². The van der Waals surface area contributed by atoms with Gasteiger partial charge >= 0.3 is 0 Å². The Morgan fingerprint density at radius 1 is 1.15 bits per heavy atom. The van der Waals surface area contributed by atoms with E-state index >= 15 is 0 Å². The van der Waals surface area contributed by atoms with E-state index in [4.69, 9.17) is 0 Å². The Bertz CT molecular complexity index is 678. The van der Waals surface area contributed by atoms with Crippen molar-refractivity contribution >= 4 is 15.9 Å². The second-order valence-electron chi connectivity index (χ2n) is 7.96. The number of hydrogen-bond acceptors (Lipinski definition) is 3. The van der Waals surface area contributed by atoms with Crippen LogP contribution in [0.4, 0.5) is 0 Å². The van der Waals surface area contributed by atoms with Crippen LogP contribution in [0.1, 0.15) is 46.1 Å². The molecule has 1 aromatic rings. The van der Waals surface area contributed by atoms with Crippen LogP contribution in [0.25, 0.3) is 0 Å². The van der Waals surface area contributed by atoms with E-state index < -0.39 is 10.0 Å². The Morgan fingerprint density at radius 2 is 1.77 bits per heavy atom. The van der Waals surface area contributed by atoms with Crippen molar-refractivity contribution in [2.24, 2.45) is 17.8 Å². The van der Waals surface area contributed by atoms with Gasteiger partial charge in [0.15, 0.2) is 0 Å². The Hall–Kier alpha value is -1.40. The molecule has 2 rings (SSSR count). The van der Waals surface area contributed by atoms with Crippen molar-refractivity contribution in [2.75, 3.05) is 13.1 Å². The molecule has 0 aliphatic carbocycles. The van der Waals surface area contributed by atoms with Crippen LogP contribution < -0.4 is 5.32 Å². The molecule has 1 saturated heterocycles. The number of piperidine rings is 1. The number of sulfonamides is 1. The van der Waals surface area contributed by atoms with E-state index in [0.717, 1.165) is 18.4 Å². The summed E-state index contributed by atoms with van der Waals surface area (Å²) >= 11 is 0. The summed E-state index contributed by atoms with van der Waals surface area (Å²) < 4.78 is 27.0. The van der Waals surface area contributed by atoms with Crippen molar-refractivity contribution in [1.29, 1.82) is 0 Å². The number of hydrogen-bond donors (Lipinski definition) is 1. The quantitative estimate of drug-likeness (QED) is 0.791. The largest absolute Gasteiger partial charge is 0.353 e. The van der Waals surface area contributed by atoms with Gasteiger partial charge in [-0.25, -0.2) is 12.7 Å². The first kappa shape index (κ1) is 20.9. The summed E-state index contributed by atoms with van der Waals surface area (Å²) in [5.41, 5.74) is 0.777. The molecule has 146 valence electrons. The average molecular weight is 381 g/mol. The lowest BCUT2D eigenvalue weighted by molar-refractivity contribution is -0.127. The van der Waals surface area contributed by atoms with Crippen LogP contribution in [-0.2, 0) is 20.6 Å². The highest BCUT2D eigenvalue weighted by Crippen LogP contribution is 2.23. The SMILES string of the molecule is CC(C)C(NC(=O)C1CCCN(S(=O)(=O)Cc2ccccc2)C1)C(C)C. The Kier molecular flexibility index (Phi) is 7.24. The second kappa shape index (κ2) is 9.00. The van der Waals surface area contributed by atoms with E-state index in [9.17, 15) is 13.2 Å². The maximum Gasteiger partial charge on any atom is 0.224 e. The third-order valence-electron chi connectivity index (χ3n) is 5.09. The van der Waals surface area contributed by atoms with Crippen LogP contribution in [-0.4, -0.2) is 37.8 Å². The molecule has 1 aliphatic rings. The van der Waals surface area contributed by atoms with Gasteiger partial charge in [-0.3, -0.25) is 4.79 Å². The van der Waals surface area contributed by atoms with Crippen LogP contribution in [0.3, 0.4) is 0 Å². The molecule has 26 heavy (non-hydrogen) atoms. The highest BCUT2D eigenvalue weighted by molar-refractivity contribution is 7.88. The minimum absolute atomic E-state index is 0.0111. The van der Waals surface area contributed by atoms with E-state index in [1.54, 1.807) is 0 Å². The summed E-state index contributed by atoms with van der Waals surface area (Å²) in [7, 11) is -3.41. The summed E-state index contributed by atoms with van der Waals surface area (Å²) in [6.45, 7) is 9.18. The van der Waals surface area contributed by atoms with Gasteiger partial charge in [-0.05, 0) is 30.2 Å². The predicted octanol–water partition coefficient (Wildman–Crippen LogP) is 3.03. The molecule has 1 N–H and O–H groups in total. The number of nitrogens with one attached hydrogen (secondary N) is 1. The minimum Gasteiger partial charge on any atom is -0.353 e. The summed E-state index contributed by atoms with van der Waals surface area (Å²) in [5.74, 6) is 0.398. The smallest absolute Gasteiger partial charge is 0.224 e. The molecule has 5 nitrogen and oxygen atoms in total. The highest BCUT2D eigenvalue weighted by Gasteiger charge is 2.33. The molecule has 0 aromatic heterocycles. The van der Waals surface area contributed by atoms with Crippen LogP contribution in [0.15, 0.2) is 30.3 Å². The summed E-state index contributed by atoms with van der Waals surface area (Å²) in [6, 6.07) is 9.31. The number of nitrogens with zero attached hydrogens (tertiary/aromatic N) is 1. The van der Waals surface area contributed by atoms with E-state index in [-0.39, 0.29) is 30.2 Å². The van der Waals surface area contributed by atoms with Gasteiger partial charge in [0.1, 0.15) is 0 Å². The fraction of sp³-hybridized carbons (Fsp3) is 0.650. The molecule has 0 saturated carbocycles. The zero-order valence-corrected chi connectivity index (χ0v) is 17.1. The van der Waals surface area contributed by atoms with Gasteiger partial charge in [-0.1, -0.05) is 58.0 Å². The number of rotatable bonds is 7. The lowest BCUT2D eigenvalue weighted by atomic mass is 9.91. The minimum atomic E-state index is -3.41. The van der Waals surface area contributed by atoms with Crippen molar-refractivity contribution in [3.63, 3.8) is 0 Å². The maximum atomic E-state index is 12.8. The van der Waals surface area contributed by atoms with E-state index in [1.807, 2.05) is 30.3 Å². The Morgan fingerprint density at radius 3 is 2.35 bits per heavy atom. The van der Waals surface area contributed by atoms with Gasteiger partial charge in [0.25, 0.3) is 0 Å². The second-order valence-corrected chi connectivity index (χ2v) is 9.93. The van der Waals surface area contributed by atoms with E-state index in [2.05, 4.69) is 33.0 Å². The van der Waals surface area contributed by atoms with Gasteiger partial charge in [0.2, 0.25) is 15.9 Å². The molecule has 1 heterocycles. The summed E-state index contributed by atoms with van der Waals surface area (Å²) in [6.07, 6.45) is 1.46. The molecular weight excluding hydrogens is 348 g/mol. The lowest BCUT2D eigenvalue weighted by Crippen LogP contribution is -2.50. The van der Waals surface area contributed by atoms with Crippen LogP contribution in [0, 0.1) is 17.8 Å². The first-order valence-corrected chi connectivity index (χ1v) is 11.1. The van der Waals surface area contributed by atoms with Gasteiger partial charge in [0, 0.05) is 19.1 Å². The molecule has 1 aliphatic heterocycles. The Labute approximate surface area is 158 Å². The molecule has 6 heteroatoms. The van der Waals surface area contributed by atoms with Crippen molar-refractivity contribution in [1.82, 2.24) is 9.62 Å². The van der Waals surface area contributed by atoms with Crippen LogP contribution >= 0.6 is 0 Å². The molecule has 0 bridgehead atoms. The number of carbonyl (C=O) groups is 1. The van der Waals surface area contributed by atoms with Gasteiger partial charge < -0.3 is 5.32 Å². The van der Waals surface area contributed by atoms with Crippen LogP contribution in [0.2, 0.25) is 0 Å². The number of benzene rings is 1. The van der Waals surface area contributed by atoms with Gasteiger partial charge in [0.05, 0.1) is 11.7 Å². The molecule has 1 fully saturated rings. The first-order chi connectivity index (χ1) is 12.2. The highest BCUT2D eigenvalue weighted by atomic mass is 32.2. The van der Waals surface area contributed by atoms with Crippen molar-refractivity contribution in [2.45, 2.75) is 52.3 Å². The summed E-state index contributed by atoms with van der Waals surface area (Å²) in [4.78, 5) is 12.7. The van der Waals surface area contributed by atoms with Crippen molar-refractivity contribution < 1.29 is 13.2 Å². The van der Waals surface area contributed by atoms with Gasteiger partial charge in [-0.2, -0.15) is 0 Å². The third kappa shape index (κ3) is 5.55. The zero-order chi connectivity index (χ0) is 19.3. The molecule has 1 unspecified atom stereocenters. The van der Waals surface area contributed by atoms with Gasteiger partial charge in [-0.15, -0.1) is 0 Å². The first-order valence-electron chi connectivity index (χ1n) is 9.53. The summed E-state index contributed by atoms with van der Waals surface area (Å²) in [5, 5.41) is 3.15. The number of amides is 1. The van der Waals surface area contributed by atoms with Crippen molar-refractivity contribution in [3.05, 3.63) is 35.9 Å². The fourth-order valence-corrected chi connectivity index (χ4v) is 5.28. The van der Waals surface area contributed by atoms with E-state index in [1.165, 1.54) is 4.31 Å². The molecule has 1 aromatic carbocycles. The van der Waals surface area contributed by atoms with Crippen molar-refractivity contribution in [3.8, 4) is 0 Å². The standard InChI is InChI=1S/C20H32N2O3S/c1-15(2)19(16(3)4)21-20(23)18-11-8-12-22(13-18)26(24,25)14-17-9-6-5-7-10-17/h5-7,9-10,15-16,18-19H,8,11-14H2,1-4H3,(H,21,23). The molecule has 1 atom stereocenters. The average Bonchev–Trinajstić information content (AvgIpc) is 2.59. The maximum absolute atomic E-state index is 12.8. The van der Waals surface area contributed by atoms with Crippen LogP contribution in [0.5, 0.6) is 0 Å². The number of carbonyl (C=O) groups excluding carboxylic acids is 1. The molecule has 0 spiro atoms. The molecular formula is C20H32N2O3S. The monoisotopic (exact) mass is 380 g/mol. The fourth-order valence-electron chi connectivity index (χ4n) is 3.67. The normalized spacial score (nSPS) is 19.3. The molecule has 1 amide bonds. The Balaban J connectivity index is 2.02. The molecule has 0 radical (unpaired) electrons. The predicted molar refractivity (Wildman–Crippen MR) is 105 cm³/mol. The third-order valence-corrected chi connectivity index (χ3v) is 6.90. The lowest BCUT2D eigenvalue weighted by Gasteiger charge is -2.33. The topological polar surface area (TPSA) is 66.5 Å². The zero-order valence-electron chi connectivity index (χ0n) is 16.3.